The third-order valence-electron chi connectivity index (χ3n) is 2.74. The van der Waals surface area contributed by atoms with E-state index in [1.807, 2.05) is 19.9 Å². The molecule has 6 heteroatoms. The smallest absolute Gasteiger partial charge is 0.251 e. The molecule has 0 saturated carbocycles. The molecule has 0 aliphatic carbocycles. The van der Waals surface area contributed by atoms with Crippen molar-refractivity contribution in [2.75, 3.05) is 18.8 Å². The summed E-state index contributed by atoms with van der Waals surface area (Å²) in [5.74, 6) is 0.122. The Hall–Kier alpha value is -2.29. The normalized spacial score (nSPS) is 10.3. The van der Waals surface area contributed by atoms with Crippen LogP contribution in [0.15, 0.2) is 23.1 Å². The molecule has 0 unspecified atom stereocenters. The summed E-state index contributed by atoms with van der Waals surface area (Å²) in [5, 5.41) is 8.64. The molecular formula is C14H20N4O2. The molecular weight excluding hydrogens is 256 g/mol. The van der Waals surface area contributed by atoms with Gasteiger partial charge in [-0.25, -0.2) is 0 Å². The summed E-state index contributed by atoms with van der Waals surface area (Å²) < 4.78 is 1.29. The van der Waals surface area contributed by atoms with Gasteiger partial charge in [0.05, 0.1) is 12.5 Å². The van der Waals surface area contributed by atoms with Crippen LogP contribution in [0, 0.1) is 17.2 Å². The Labute approximate surface area is 118 Å². The first-order chi connectivity index (χ1) is 9.43. The minimum absolute atomic E-state index is 0.0535. The monoisotopic (exact) mass is 276 g/mol. The van der Waals surface area contributed by atoms with Crippen molar-refractivity contribution in [3.63, 3.8) is 0 Å². The van der Waals surface area contributed by atoms with Gasteiger partial charge in [0.1, 0.15) is 6.54 Å². The van der Waals surface area contributed by atoms with Crippen molar-refractivity contribution >= 4 is 11.6 Å². The Morgan fingerprint density at radius 3 is 2.80 bits per heavy atom. The van der Waals surface area contributed by atoms with Gasteiger partial charge in [-0.15, -0.1) is 0 Å². The Morgan fingerprint density at radius 1 is 1.50 bits per heavy atom. The van der Waals surface area contributed by atoms with E-state index in [4.69, 9.17) is 11.0 Å². The molecule has 2 N–H and O–H groups in total. The second kappa shape index (κ2) is 7.34. The van der Waals surface area contributed by atoms with E-state index in [1.165, 1.54) is 22.9 Å². The number of hydrogen-bond donors (Lipinski definition) is 1. The summed E-state index contributed by atoms with van der Waals surface area (Å²) in [5.41, 5.74) is 5.78. The number of hydrogen-bond acceptors (Lipinski definition) is 4. The third-order valence-corrected chi connectivity index (χ3v) is 2.74. The molecule has 1 amide bonds. The van der Waals surface area contributed by atoms with E-state index < -0.39 is 0 Å². The summed E-state index contributed by atoms with van der Waals surface area (Å²) in [7, 11) is 0. The summed E-state index contributed by atoms with van der Waals surface area (Å²) in [6, 6.07) is 4.87. The first kappa shape index (κ1) is 15.8. The van der Waals surface area contributed by atoms with Crippen LogP contribution in [-0.4, -0.2) is 28.5 Å². The van der Waals surface area contributed by atoms with Crippen molar-refractivity contribution < 1.29 is 4.79 Å². The van der Waals surface area contributed by atoms with E-state index in [9.17, 15) is 9.59 Å². The lowest BCUT2D eigenvalue weighted by Gasteiger charge is -2.24. The molecule has 1 aromatic rings. The van der Waals surface area contributed by atoms with Gasteiger partial charge in [0.15, 0.2) is 0 Å². The molecule has 0 spiro atoms. The lowest BCUT2D eigenvalue weighted by Crippen LogP contribution is -2.39. The predicted octanol–water partition coefficient (Wildman–Crippen LogP) is 0.829. The fourth-order valence-electron chi connectivity index (χ4n) is 1.86. The number of nitrogens with two attached hydrogens (primary N) is 1. The van der Waals surface area contributed by atoms with E-state index in [0.29, 0.717) is 24.7 Å². The van der Waals surface area contributed by atoms with E-state index in [0.717, 1.165) is 0 Å². The summed E-state index contributed by atoms with van der Waals surface area (Å²) >= 11 is 0. The van der Waals surface area contributed by atoms with Crippen LogP contribution in [-0.2, 0) is 11.3 Å². The third kappa shape index (κ3) is 4.76. The van der Waals surface area contributed by atoms with Crippen LogP contribution in [0.5, 0.6) is 0 Å². The van der Waals surface area contributed by atoms with Crippen LogP contribution in [0.1, 0.15) is 20.3 Å². The van der Waals surface area contributed by atoms with Gasteiger partial charge in [-0.05, 0) is 12.0 Å². The Bertz CT molecular complexity index is 557. The molecule has 6 nitrogen and oxygen atoms in total. The van der Waals surface area contributed by atoms with Gasteiger partial charge in [0.2, 0.25) is 5.91 Å². The summed E-state index contributed by atoms with van der Waals surface area (Å²) in [4.78, 5) is 25.5. The van der Waals surface area contributed by atoms with Crippen LogP contribution in [0.2, 0.25) is 0 Å². The van der Waals surface area contributed by atoms with Gasteiger partial charge >= 0.3 is 0 Å². The van der Waals surface area contributed by atoms with Crippen LogP contribution in [0.3, 0.4) is 0 Å². The molecule has 1 aromatic heterocycles. The van der Waals surface area contributed by atoms with E-state index in [1.54, 1.807) is 4.90 Å². The zero-order chi connectivity index (χ0) is 15.1. The van der Waals surface area contributed by atoms with Crippen LogP contribution in [0.25, 0.3) is 0 Å². The fraction of sp³-hybridized carbons (Fsp3) is 0.500. The molecule has 0 saturated heterocycles. The summed E-state index contributed by atoms with van der Waals surface area (Å²) in [6.07, 6.45) is 1.74. The second-order valence-corrected chi connectivity index (χ2v) is 5.07. The maximum atomic E-state index is 12.2. The molecule has 0 fully saturated rings. The topological polar surface area (TPSA) is 92.1 Å². The van der Waals surface area contributed by atoms with Crippen LogP contribution in [0.4, 0.5) is 5.69 Å². The lowest BCUT2D eigenvalue weighted by molar-refractivity contribution is -0.132. The van der Waals surface area contributed by atoms with Crippen LogP contribution < -0.4 is 11.3 Å². The van der Waals surface area contributed by atoms with E-state index >= 15 is 0 Å². The van der Waals surface area contributed by atoms with Gasteiger partial charge in [0, 0.05) is 31.0 Å². The lowest BCUT2D eigenvalue weighted by atomic mass is 10.2. The standard InChI is InChI=1S/C14H20N4O2/c1-11(2)8-17(7-3-6-15)14(20)10-18-9-12(16)4-5-13(18)19/h4-5,9,11H,3,7-8,10,16H2,1-2H3. The highest BCUT2D eigenvalue weighted by Crippen LogP contribution is 2.03. The number of pyridine rings is 1. The summed E-state index contributed by atoms with van der Waals surface area (Å²) in [6.45, 7) is 4.89. The second-order valence-electron chi connectivity index (χ2n) is 5.07. The zero-order valence-electron chi connectivity index (χ0n) is 11.9. The quantitative estimate of drug-likeness (QED) is 0.833. The molecule has 20 heavy (non-hydrogen) atoms. The Balaban J connectivity index is 2.82. The number of rotatable bonds is 6. The number of nitriles is 1. The largest absolute Gasteiger partial charge is 0.398 e. The number of nitrogens with zero attached hydrogens (tertiary/aromatic N) is 3. The van der Waals surface area contributed by atoms with Crippen molar-refractivity contribution in [2.24, 2.45) is 5.92 Å². The zero-order valence-corrected chi connectivity index (χ0v) is 11.9. The molecule has 0 aliphatic rings. The molecule has 0 aliphatic heterocycles. The highest BCUT2D eigenvalue weighted by Gasteiger charge is 2.15. The van der Waals surface area contributed by atoms with Crippen molar-refractivity contribution in [1.29, 1.82) is 5.26 Å². The Kier molecular flexibility index (Phi) is 5.78. The number of carbonyl (C=O) groups excluding carboxylic acids is 1. The fourth-order valence-corrected chi connectivity index (χ4v) is 1.86. The van der Waals surface area contributed by atoms with Gasteiger partial charge in [0.25, 0.3) is 5.56 Å². The van der Waals surface area contributed by atoms with Gasteiger partial charge in [-0.1, -0.05) is 13.8 Å². The van der Waals surface area contributed by atoms with Crippen molar-refractivity contribution in [2.45, 2.75) is 26.8 Å². The van der Waals surface area contributed by atoms with Crippen molar-refractivity contribution in [1.82, 2.24) is 9.47 Å². The minimum atomic E-state index is -0.266. The predicted molar refractivity (Wildman–Crippen MR) is 76.8 cm³/mol. The number of anilines is 1. The van der Waals surface area contributed by atoms with Crippen LogP contribution >= 0.6 is 0 Å². The highest BCUT2D eigenvalue weighted by atomic mass is 16.2. The van der Waals surface area contributed by atoms with E-state index in [-0.39, 0.29) is 24.4 Å². The van der Waals surface area contributed by atoms with Gasteiger partial charge in [-0.3, -0.25) is 9.59 Å². The van der Waals surface area contributed by atoms with Gasteiger partial charge in [-0.2, -0.15) is 5.26 Å². The SMILES string of the molecule is CC(C)CN(CCC#N)C(=O)Cn1cc(N)ccc1=O. The average molecular weight is 276 g/mol. The number of carbonyl (C=O) groups is 1. The minimum Gasteiger partial charge on any atom is -0.398 e. The molecule has 0 atom stereocenters. The molecule has 0 aromatic carbocycles. The average Bonchev–Trinajstić information content (AvgIpc) is 2.38. The highest BCUT2D eigenvalue weighted by molar-refractivity contribution is 5.76. The molecule has 0 bridgehead atoms. The maximum Gasteiger partial charge on any atom is 0.251 e. The number of aromatic nitrogens is 1. The first-order valence-electron chi connectivity index (χ1n) is 6.54. The van der Waals surface area contributed by atoms with Gasteiger partial charge < -0.3 is 15.2 Å². The maximum absolute atomic E-state index is 12.2. The Morgan fingerprint density at radius 2 is 2.20 bits per heavy atom. The van der Waals surface area contributed by atoms with E-state index in [2.05, 4.69) is 0 Å². The number of nitrogen functional groups attached to an aromatic ring is 1. The molecule has 108 valence electrons. The van der Waals surface area contributed by atoms with Crippen molar-refractivity contribution in [3.8, 4) is 6.07 Å². The van der Waals surface area contributed by atoms with Crippen molar-refractivity contribution in [3.05, 3.63) is 28.7 Å². The molecule has 1 heterocycles. The molecule has 0 radical (unpaired) electrons. The molecule has 1 rings (SSSR count). The number of amides is 1. The first-order valence-corrected chi connectivity index (χ1v) is 6.54.